The average molecular weight is 213 g/mol. The first kappa shape index (κ1) is 9.95. The van der Waals surface area contributed by atoms with Crippen molar-refractivity contribution in [1.82, 2.24) is 0 Å². The highest BCUT2D eigenvalue weighted by Gasteiger charge is 2.19. The fourth-order valence-corrected chi connectivity index (χ4v) is 3.12. The molecule has 1 heteroatoms. The number of allylic oxidation sites excluding steroid dienone is 2. The molecule has 3 rings (SSSR count). The zero-order chi connectivity index (χ0) is 11.0. The second-order valence-electron chi connectivity index (χ2n) is 5.15. The van der Waals surface area contributed by atoms with Crippen LogP contribution < -0.4 is 5.73 Å². The molecule has 1 nitrogen and oxygen atoms in total. The zero-order valence-electron chi connectivity index (χ0n) is 9.71. The lowest BCUT2D eigenvalue weighted by Gasteiger charge is -2.06. The van der Waals surface area contributed by atoms with E-state index in [0.717, 1.165) is 11.6 Å². The highest BCUT2D eigenvalue weighted by molar-refractivity contribution is 5.74. The first-order chi connectivity index (χ1) is 7.83. The Bertz CT molecular complexity index is 425. The van der Waals surface area contributed by atoms with E-state index in [0.29, 0.717) is 0 Å². The van der Waals surface area contributed by atoms with Crippen molar-refractivity contribution in [3.63, 3.8) is 0 Å². The molecule has 0 atom stereocenters. The molecular formula is C15H19N. The van der Waals surface area contributed by atoms with Crippen molar-refractivity contribution in [3.8, 4) is 0 Å². The molecule has 2 aliphatic rings. The van der Waals surface area contributed by atoms with E-state index in [-0.39, 0.29) is 0 Å². The monoisotopic (exact) mass is 213 g/mol. The Morgan fingerprint density at radius 1 is 1.12 bits per heavy atom. The van der Waals surface area contributed by atoms with Gasteiger partial charge in [-0.05, 0) is 60.4 Å². The Morgan fingerprint density at radius 2 is 1.94 bits per heavy atom. The summed E-state index contributed by atoms with van der Waals surface area (Å²) in [6.45, 7) is 0. The SMILES string of the molecule is Nc1ccc2c(c1)CCC2=CC1CCCC1. The summed E-state index contributed by atoms with van der Waals surface area (Å²) < 4.78 is 0. The molecule has 0 amide bonds. The van der Waals surface area contributed by atoms with Crippen LogP contribution in [0.1, 0.15) is 43.2 Å². The molecule has 16 heavy (non-hydrogen) atoms. The van der Waals surface area contributed by atoms with Gasteiger partial charge in [-0.15, -0.1) is 0 Å². The van der Waals surface area contributed by atoms with Gasteiger partial charge in [-0.3, -0.25) is 0 Å². The molecule has 0 radical (unpaired) electrons. The number of nitrogen functional groups attached to an aromatic ring is 1. The first-order valence-corrected chi connectivity index (χ1v) is 6.42. The van der Waals surface area contributed by atoms with Crippen LogP contribution in [0.15, 0.2) is 24.3 Å². The van der Waals surface area contributed by atoms with E-state index in [1.54, 1.807) is 5.57 Å². The lowest BCUT2D eigenvalue weighted by atomic mass is 10.00. The minimum absolute atomic E-state index is 0.846. The number of hydrogen-bond donors (Lipinski definition) is 1. The zero-order valence-corrected chi connectivity index (χ0v) is 9.71. The van der Waals surface area contributed by atoms with Gasteiger partial charge in [0.25, 0.3) is 0 Å². The minimum Gasteiger partial charge on any atom is -0.399 e. The fraction of sp³-hybridized carbons (Fsp3) is 0.467. The summed E-state index contributed by atoms with van der Waals surface area (Å²) in [5.41, 5.74) is 11.2. The Morgan fingerprint density at radius 3 is 2.75 bits per heavy atom. The molecule has 0 saturated heterocycles. The second kappa shape index (κ2) is 3.97. The number of fused-ring (bicyclic) bond motifs is 1. The highest BCUT2D eigenvalue weighted by atomic mass is 14.5. The molecular weight excluding hydrogens is 194 g/mol. The summed E-state index contributed by atoms with van der Waals surface area (Å²) in [4.78, 5) is 0. The van der Waals surface area contributed by atoms with E-state index >= 15 is 0 Å². The predicted molar refractivity (Wildman–Crippen MR) is 69.1 cm³/mol. The second-order valence-corrected chi connectivity index (χ2v) is 5.15. The summed E-state index contributed by atoms with van der Waals surface area (Å²) in [6, 6.07) is 6.38. The molecule has 2 N–H and O–H groups in total. The summed E-state index contributed by atoms with van der Waals surface area (Å²) in [6.07, 6.45) is 10.6. The molecule has 1 saturated carbocycles. The molecule has 0 aliphatic heterocycles. The van der Waals surface area contributed by atoms with Crippen molar-refractivity contribution in [1.29, 1.82) is 0 Å². The van der Waals surface area contributed by atoms with Crippen molar-refractivity contribution < 1.29 is 0 Å². The van der Waals surface area contributed by atoms with Gasteiger partial charge < -0.3 is 5.73 Å². The van der Waals surface area contributed by atoms with E-state index in [4.69, 9.17) is 5.73 Å². The molecule has 1 aromatic rings. The number of benzene rings is 1. The smallest absolute Gasteiger partial charge is 0.0317 e. The van der Waals surface area contributed by atoms with Crippen molar-refractivity contribution in [2.75, 3.05) is 5.73 Å². The van der Waals surface area contributed by atoms with Crippen LogP contribution in [0.25, 0.3) is 5.57 Å². The third-order valence-corrected chi connectivity index (χ3v) is 3.98. The van der Waals surface area contributed by atoms with Crippen LogP contribution >= 0.6 is 0 Å². The van der Waals surface area contributed by atoms with E-state index in [2.05, 4.69) is 18.2 Å². The van der Waals surface area contributed by atoms with Gasteiger partial charge in [0.1, 0.15) is 0 Å². The Hall–Kier alpha value is -1.24. The van der Waals surface area contributed by atoms with Gasteiger partial charge in [0.05, 0.1) is 0 Å². The third kappa shape index (κ3) is 1.75. The Balaban J connectivity index is 1.90. The number of rotatable bonds is 1. The van der Waals surface area contributed by atoms with Crippen LogP contribution in [0.4, 0.5) is 5.69 Å². The minimum atomic E-state index is 0.846. The predicted octanol–water partition coefficient (Wildman–Crippen LogP) is 3.79. The standard InChI is InChI=1S/C15H19N/c16-14-7-8-15-12(5-6-13(15)10-14)9-11-3-1-2-4-11/h7-11H,1-6,16H2. The summed E-state index contributed by atoms with van der Waals surface area (Å²) in [7, 11) is 0. The van der Waals surface area contributed by atoms with Crippen molar-refractivity contribution in [2.45, 2.75) is 38.5 Å². The largest absolute Gasteiger partial charge is 0.399 e. The molecule has 0 unspecified atom stereocenters. The molecule has 2 aliphatic carbocycles. The number of hydrogen-bond acceptors (Lipinski definition) is 1. The summed E-state index contributed by atoms with van der Waals surface area (Å²) in [5.74, 6) is 0.846. The quantitative estimate of drug-likeness (QED) is 0.706. The van der Waals surface area contributed by atoms with Gasteiger partial charge in [-0.1, -0.05) is 25.0 Å². The molecule has 84 valence electrons. The van der Waals surface area contributed by atoms with E-state index < -0.39 is 0 Å². The number of anilines is 1. The third-order valence-electron chi connectivity index (χ3n) is 3.98. The number of aryl methyl sites for hydroxylation is 1. The lowest BCUT2D eigenvalue weighted by molar-refractivity contribution is 0.686. The normalized spacial score (nSPS) is 22.9. The van der Waals surface area contributed by atoms with Crippen LogP contribution in [-0.2, 0) is 6.42 Å². The molecule has 0 bridgehead atoms. The highest BCUT2D eigenvalue weighted by Crippen LogP contribution is 2.36. The van der Waals surface area contributed by atoms with Crippen LogP contribution in [-0.4, -0.2) is 0 Å². The van der Waals surface area contributed by atoms with E-state index in [1.165, 1.54) is 49.7 Å². The van der Waals surface area contributed by atoms with E-state index in [9.17, 15) is 0 Å². The molecule has 1 fully saturated rings. The van der Waals surface area contributed by atoms with Crippen molar-refractivity contribution in [2.24, 2.45) is 5.92 Å². The average Bonchev–Trinajstić information content (AvgIpc) is 2.89. The molecule has 0 spiro atoms. The lowest BCUT2D eigenvalue weighted by Crippen LogP contribution is -1.90. The Labute approximate surface area is 97.4 Å². The van der Waals surface area contributed by atoms with Gasteiger partial charge in [-0.25, -0.2) is 0 Å². The van der Waals surface area contributed by atoms with Crippen LogP contribution in [0.3, 0.4) is 0 Å². The van der Waals surface area contributed by atoms with E-state index in [1.807, 2.05) is 6.07 Å². The number of nitrogens with two attached hydrogens (primary N) is 1. The molecule has 1 aromatic carbocycles. The maximum Gasteiger partial charge on any atom is 0.0317 e. The van der Waals surface area contributed by atoms with Crippen LogP contribution in [0, 0.1) is 5.92 Å². The first-order valence-electron chi connectivity index (χ1n) is 6.42. The van der Waals surface area contributed by atoms with Crippen LogP contribution in [0.2, 0.25) is 0 Å². The maximum atomic E-state index is 5.82. The van der Waals surface area contributed by atoms with Gasteiger partial charge in [0.2, 0.25) is 0 Å². The Kier molecular flexibility index (Phi) is 2.47. The van der Waals surface area contributed by atoms with Gasteiger partial charge in [0.15, 0.2) is 0 Å². The summed E-state index contributed by atoms with van der Waals surface area (Å²) in [5, 5.41) is 0. The maximum absolute atomic E-state index is 5.82. The van der Waals surface area contributed by atoms with Gasteiger partial charge in [0, 0.05) is 5.69 Å². The molecule has 0 aromatic heterocycles. The topological polar surface area (TPSA) is 26.0 Å². The fourth-order valence-electron chi connectivity index (χ4n) is 3.12. The van der Waals surface area contributed by atoms with Gasteiger partial charge >= 0.3 is 0 Å². The van der Waals surface area contributed by atoms with Crippen molar-refractivity contribution >= 4 is 11.3 Å². The molecule has 0 heterocycles. The van der Waals surface area contributed by atoms with Gasteiger partial charge in [-0.2, -0.15) is 0 Å². The summed E-state index contributed by atoms with van der Waals surface area (Å²) >= 11 is 0. The van der Waals surface area contributed by atoms with Crippen LogP contribution in [0.5, 0.6) is 0 Å². The van der Waals surface area contributed by atoms with Crippen molar-refractivity contribution in [3.05, 3.63) is 35.4 Å².